The van der Waals surface area contributed by atoms with Gasteiger partial charge in [0.25, 0.3) is 0 Å². The molecule has 1 heterocycles. The highest BCUT2D eigenvalue weighted by Gasteiger charge is 2.13. The minimum atomic E-state index is 0.716. The fraction of sp³-hybridized carbons (Fsp3) is 0.471. The molecule has 0 saturated heterocycles. The summed E-state index contributed by atoms with van der Waals surface area (Å²) in [5, 5.41) is 7.20. The standard InChI is InChI=1S/C17H24N2O2/c1-4-5-6-11-20-15-9-7-14(8-10-15)17-13(2)16(12-18-3)19-21-17/h7-10,18H,4-6,11-12H2,1-3H3. The maximum absolute atomic E-state index is 5.72. The molecule has 0 aliphatic carbocycles. The van der Waals surface area contributed by atoms with E-state index in [1.54, 1.807) is 0 Å². The van der Waals surface area contributed by atoms with E-state index in [1.807, 2.05) is 38.2 Å². The fourth-order valence-corrected chi connectivity index (χ4v) is 2.21. The van der Waals surface area contributed by atoms with Crippen molar-refractivity contribution in [1.29, 1.82) is 0 Å². The van der Waals surface area contributed by atoms with Gasteiger partial charge < -0.3 is 14.6 Å². The molecule has 0 spiro atoms. The number of rotatable bonds is 8. The van der Waals surface area contributed by atoms with Gasteiger partial charge in [-0.1, -0.05) is 24.9 Å². The van der Waals surface area contributed by atoms with Crippen molar-refractivity contribution >= 4 is 0 Å². The van der Waals surface area contributed by atoms with Crippen LogP contribution in [-0.2, 0) is 6.54 Å². The highest BCUT2D eigenvalue weighted by molar-refractivity contribution is 5.62. The molecule has 0 aliphatic rings. The van der Waals surface area contributed by atoms with E-state index in [0.29, 0.717) is 6.54 Å². The molecule has 114 valence electrons. The average molecular weight is 288 g/mol. The summed E-state index contributed by atoms with van der Waals surface area (Å²) in [5.74, 6) is 1.74. The van der Waals surface area contributed by atoms with Crippen LogP contribution in [0.1, 0.15) is 37.4 Å². The number of aromatic nitrogens is 1. The molecule has 4 heteroatoms. The molecule has 1 N–H and O–H groups in total. The molecule has 0 radical (unpaired) electrons. The van der Waals surface area contributed by atoms with E-state index in [9.17, 15) is 0 Å². The van der Waals surface area contributed by atoms with E-state index in [0.717, 1.165) is 41.4 Å². The summed E-state index contributed by atoms with van der Waals surface area (Å²) in [6.07, 6.45) is 3.53. The van der Waals surface area contributed by atoms with Gasteiger partial charge in [0.2, 0.25) is 0 Å². The first-order chi connectivity index (χ1) is 10.3. The molecular formula is C17H24N2O2. The third-order valence-corrected chi connectivity index (χ3v) is 3.50. The second kappa shape index (κ2) is 7.84. The molecular weight excluding hydrogens is 264 g/mol. The van der Waals surface area contributed by atoms with E-state index >= 15 is 0 Å². The summed E-state index contributed by atoms with van der Waals surface area (Å²) in [6, 6.07) is 8.01. The quantitative estimate of drug-likeness (QED) is 0.747. The van der Waals surface area contributed by atoms with Crippen molar-refractivity contribution in [2.24, 2.45) is 0 Å². The van der Waals surface area contributed by atoms with Gasteiger partial charge in [0.1, 0.15) is 11.4 Å². The number of unbranched alkanes of at least 4 members (excludes halogenated alkanes) is 2. The molecule has 0 unspecified atom stereocenters. The lowest BCUT2D eigenvalue weighted by Crippen LogP contribution is -2.06. The lowest BCUT2D eigenvalue weighted by molar-refractivity contribution is 0.306. The van der Waals surface area contributed by atoms with Crippen molar-refractivity contribution in [3.8, 4) is 17.1 Å². The van der Waals surface area contributed by atoms with E-state index in [1.165, 1.54) is 12.8 Å². The van der Waals surface area contributed by atoms with Crippen molar-refractivity contribution in [3.05, 3.63) is 35.5 Å². The maximum atomic E-state index is 5.72. The van der Waals surface area contributed by atoms with Crippen LogP contribution in [0.25, 0.3) is 11.3 Å². The number of hydrogen-bond donors (Lipinski definition) is 1. The summed E-state index contributed by atoms with van der Waals surface area (Å²) >= 11 is 0. The van der Waals surface area contributed by atoms with Crippen LogP contribution >= 0.6 is 0 Å². The first-order valence-corrected chi connectivity index (χ1v) is 7.59. The van der Waals surface area contributed by atoms with Crippen LogP contribution < -0.4 is 10.1 Å². The largest absolute Gasteiger partial charge is 0.494 e. The Bertz CT molecular complexity index is 546. The molecule has 0 bridgehead atoms. The van der Waals surface area contributed by atoms with Gasteiger partial charge in [-0.15, -0.1) is 0 Å². The Morgan fingerprint density at radius 1 is 1.19 bits per heavy atom. The molecule has 0 amide bonds. The van der Waals surface area contributed by atoms with Crippen LogP contribution in [0.3, 0.4) is 0 Å². The van der Waals surface area contributed by atoms with Crippen LogP contribution in [0.4, 0.5) is 0 Å². The first-order valence-electron chi connectivity index (χ1n) is 7.59. The van der Waals surface area contributed by atoms with Crippen molar-refractivity contribution in [1.82, 2.24) is 10.5 Å². The van der Waals surface area contributed by atoms with Crippen LogP contribution in [0.5, 0.6) is 5.75 Å². The van der Waals surface area contributed by atoms with Crippen molar-refractivity contribution < 1.29 is 9.26 Å². The molecule has 1 aromatic heterocycles. The van der Waals surface area contributed by atoms with Gasteiger partial charge in [-0.05, 0) is 44.7 Å². The topological polar surface area (TPSA) is 47.3 Å². The summed E-state index contributed by atoms with van der Waals surface area (Å²) in [6.45, 7) is 5.72. The smallest absolute Gasteiger partial charge is 0.170 e. The Morgan fingerprint density at radius 3 is 2.62 bits per heavy atom. The van der Waals surface area contributed by atoms with Gasteiger partial charge in [0, 0.05) is 17.7 Å². The second-order valence-corrected chi connectivity index (χ2v) is 5.19. The number of hydrogen-bond acceptors (Lipinski definition) is 4. The summed E-state index contributed by atoms with van der Waals surface area (Å²) < 4.78 is 11.2. The minimum absolute atomic E-state index is 0.716. The van der Waals surface area contributed by atoms with Crippen LogP contribution in [-0.4, -0.2) is 18.8 Å². The minimum Gasteiger partial charge on any atom is -0.494 e. The predicted octanol–water partition coefficient (Wildman–Crippen LogP) is 3.94. The SMILES string of the molecule is CCCCCOc1ccc(-c2onc(CNC)c2C)cc1. The number of benzene rings is 1. The Morgan fingerprint density at radius 2 is 1.95 bits per heavy atom. The molecule has 0 saturated carbocycles. The molecule has 2 rings (SSSR count). The van der Waals surface area contributed by atoms with Crippen LogP contribution in [0.2, 0.25) is 0 Å². The third kappa shape index (κ3) is 4.08. The highest BCUT2D eigenvalue weighted by atomic mass is 16.5. The highest BCUT2D eigenvalue weighted by Crippen LogP contribution is 2.27. The monoisotopic (exact) mass is 288 g/mol. The van der Waals surface area contributed by atoms with Gasteiger partial charge in [0.15, 0.2) is 5.76 Å². The Kier molecular flexibility index (Phi) is 5.81. The number of nitrogens with zero attached hydrogens (tertiary/aromatic N) is 1. The van der Waals surface area contributed by atoms with E-state index < -0.39 is 0 Å². The summed E-state index contributed by atoms with van der Waals surface area (Å²) in [4.78, 5) is 0. The zero-order valence-electron chi connectivity index (χ0n) is 13.1. The molecule has 4 nitrogen and oxygen atoms in total. The molecule has 1 aromatic carbocycles. The second-order valence-electron chi connectivity index (χ2n) is 5.19. The zero-order chi connectivity index (χ0) is 15.1. The fourth-order valence-electron chi connectivity index (χ4n) is 2.21. The molecule has 0 fully saturated rings. The van der Waals surface area contributed by atoms with Gasteiger partial charge in [-0.3, -0.25) is 0 Å². The van der Waals surface area contributed by atoms with Crippen molar-refractivity contribution in [2.75, 3.05) is 13.7 Å². The van der Waals surface area contributed by atoms with Crippen LogP contribution in [0.15, 0.2) is 28.8 Å². The summed E-state index contributed by atoms with van der Waals surface area (Å²) in [7, 11) is 1.90. The Balaban J connectivity index is 2.01. The molecule has 21 heavy (non-hydrogen) atoms. The van der Waals surface area contributed by atoms with Crippen LogP contribution in [0, 0.1) is 6.92 Å². The first kappa shape index (κ1) is 15.6. The molecule has 0 aliphatic heterocycles. The van der Waals surface area contributed by atoms with Gasteiger partial charge in [-0.2, -0.15) is 0 Å². The van der Waals surface area contributed by atoms with Gasteiger partial charge in [0.05, 0.1) is 6.61 Å². The third-order valence-electron chi connectivity index (χ3n) is 3.50. The van der Waals surface area contributed by atoms with Crippen molar-refractivity contribution in [2.45, 2.75) is 39.7 Å². The number of nitrogens with one attached hydrogen (secondary N) is 1. The molecule has 2 aromatic rings. The molecule has 0 atom stereocenters. The Hall–Kier alpha value is -1.81. The van der Waals surface area contributed by atoms with E-state index in [-0.39, 0.29) is 0 Å². The average Bonchev–Trinajstić information content (AvgIpc) is 2.86. The van der Waals surface area contributed by atoms with E-state index in [4.69, 9.17) is 9.26 Å². The predicted molar refractivity (Wildman–Crippen MR) is 84.5 cm³/mol. The van der Waals surface area contributed by atoms with E-state index in [2.05, 4.69) is 17.4 Å². The normalized spacial score (nSPS) is 10.8. The maximum Gasteiger partial charge on any atom is 0.170 e. The number of ether oxygens (including phenoxy) is 1. The van der Waals surface area contributed by atoms with Crippen molar-refractivity contribution in [3.63, 3.8) is 0 Å². The van der Waals surface area contributed by atoms with Gasteiger partial charge >= 0.3 is 0 Å². The summed E-state index contributed by atoms with van der Waals surface area (Å²) in [5.41, 5.74) is 3.07. The zero-order valence-corrected chi connectivity index (χ0v) is 13.1. The lowest BCUT2D eigenvalue weighted by Gasteiger charge is -2.06. The van der Waals surface area contributed by atoms with Gasteiger partial charge in [-0.25, -0.2) is 0 Å². The lowest BCUT2D eigenvalue weighted by atomic mass is 10.1. The Labute approximate surface area is 126 Å².